The highest BCUT2D eigenvalue weighted by Crippen LogP contribution is 2.24. The number of imide groups is 1. The summed E-state index contributed by atoms with van der Waals surface area (Å²) in [7, 11) is 0. The van der Waals surface area contributed by atoms with Gasteiger partial charge in [0.05, 0.1) is 16.8 Å². The second kappa shape index (κ2) is 6.11. The van der Waals surface area contributed by atoms with Crippen LogP contribution in [-0.2, 0) is 9.53 Å². The zero-order valence-corrected chi connectivity index (χ0v) is 12.8. The first kappa shape index (κ1) is 15.7. The molecule has 2 aromatic rings. The van der Waals surface area contributed by atoms with Crippen LogP contribution in [0.25, 0.3) is 0 Å². The third kappa shape index (κ3) is 2.60. The number of nitrogens with zero attached hydrogens (tertiary/aromatic N) is 1. The molecule has 3 rings (SSSR count). The second-order valence-electron chi connectivity index (χ2n) is 5.32. The maximum absolute atomic E-state index is 12.3. The second-order valence-corrected chi connectivity index (χ2v) is 5.32. The molecule has 1 aromatic heterocycles. The summed E-state index contributed by atoms with van der Waals surface area (Å²) in [4.78, 5) is 52.1. The van der Waals surface area contributed by atoms with E-state index in [1.54, 1.807) is 30.5 Å². The lowest BCUT2D eigenvalue weighted by Gasteiger charge is -2.20. The molecule has 1 N–H and O–H groups in total. The van der Waals surface area contributed by atoms with Crippen molar-refractivity contribution in [3.8, 4) is 0 Å². The molecule has 1 atom stereocenters. The number of amides is 2. The Morgan fingerprint density at radius 2 is 1.71 bits per heavy atom. The number of aromatic amines is 1. The van der Waals surface area contributed by atoms with E-state index in [0.717, 1.165) is 4.90 Å². The van der Waals surface area contributed by atoms with Crippen molar-refractivity contribution < 1.29 is 23.9 Å². The van der Waals surface area contributed by atoms with Gasteiger partial charge in [-0.1, -0.05) is 12.1 Å². The number of hydrogen-bond acceptors (Lipinski definition) is 5. The summed E-state index contributed by atoms with van der Waals surface area (Å²) in [6.07, 6.45) is 1.58. The Morgan fingerprint density at radius 3 is 2.25 bits per heavy atom. The van der Waals surface area contributed by atoms with E-state index in [2.05, 4.69) is 4.98 Å². The third-order valence-electron chi connectivity index (χ3n) is 3.80. The molecule has 0 spiro atoms. The zero-order chi connectivity index (χ0) is 17.3. The van der Waals surface area contributed by atoms with Crippen LogP contribution < -0.4 is 0 Å². The van der Waals surface area contributed by atoms with Crippen LogP contribution in [0.3, 0.4) is 0 Å². The monoisotopic (exact) mass is 326 g/mol. The van der Waals surface area contributed by atoms with Crippen LogP contribution >= 0.6 is 0 Å². The molecule has 0 aliphatic carbocycles. The predicted molar refractivity (Wildman–Crippen MR) is 82.5 cm³/mol. The molecule has 1 aromatic carbocycles. The number of esters is 1. The molecule has 0 unspecified atom stereocenters. The quantitative estimate of drug-likeness (QED) is 0.509. The van der Waals surface area contributed by atoms with Gasteiger partial charge in [-0.25, -0.2) is 4.79 Å². The van der Waals surface area contributed by atoms with E-state index in [0.29, 0.717) is 5.69 Å². The molecule has 2 amide bonds. The lowest BCUT2D eigenvalue weighted by molar-refractivity contribution is -0.146. The fraction of sp³-hybridized carbons (Fsp3) is 0.176. The van der Waals surface area contributed by atoms with Gasteiger partial charge in [0.1, 0.15) is 6.04 Å². The van der Waals surface area contributed by atoms with Crippen molar-refractivity contribution in [3.63, 3.8) is 0 Å². The van der Waals surface area contributed by atoms with Gasteiger partial charge < -0.3 is 9.72 Å². The summed E-state index contributed by atoms with van der Waals surface area (Å²) in [5.41, 5.74) is 0.824. The fourth-order valence-electron chi connectivity index (χ4n) is 2.50. The van der Waals surface area contributed by atoms with Crippen molar-refractivity contribution in [2.75, 3.05) is 6.61 Å². The first-order valence-electron chi connectivity index (χ1n) is 7.31. The number of fused-ring (bicyclic) bond motifs is 1. The van der Waals surface area contributed by atoms with Gasteiger partial charge in [-0.3, -0.25) is 19.3 Å². The lowest BCUT2D eigenvalue weighted by Crippen LogP contribution is -2.44. The van der Waals surface area contributed by atoms with Crippen LogP contribution in [0.15, 0.2) is 42.6 Å². The number of Topliss-reactive ketones (excluding diaryl/α,β-unsaturated/α-hetero) is 1. The molecule has 1 aliphatic rings. The van der Waals surface area contributed by atoms with Crippen molar-refractivity contribution in [1.29, 1.82) is 0 Å². The third-order valence-corrected chi connectivity index (χ3v) is 3.80. The highest BCUT2D eigenvalue weighted by atomic mass is 16.5. The highest BCUT2D eigenvalue weighted by molar-refractivity contribution is 6.22. The summed E-state index contributed by atoms with van der Waals surface area (Å²) in [5, 5.41) is 0. The van der Waals surface area contributed by atoms with Crippen molar-refractivity contribution in [1.82, 2.24) is 9.88 Å². The summed E-state index contributed by atoms with van der Waals surface area (Å²) in [6, 6.07) is 8.44. The number of hydrogen-bond donors (Lipinski definition) is 1. The predicted octanol–water partition coefficient (Wildman–Crippen LogP) is 1.43. The molecule has 24 heavy (non-hydrogen) atoms. The van der Waals surface area contributed by atoms with Gasteiger partial charge in [0, 0.05) is 6.20 Å². The van der Waals surface area contributed by atoms with Crippen molar-refractivity contribution in [2.45, 2.75) is 13.0 Å². The van der Waals surface area contributed by atoms with Gasteiger partial charge in [-0.2, -0.15) is 0 Å². The van der Waals surface area contributed by atoms with E-state index < -0.39 is 36.2 Å². The zero-order valence-electron chi connectivity index (χ0n) is 12.8. The molecule has 0 radical (unpaired) electrons. The maximum Gasteiger partial charge on any atom is 0.329 e. The lowest BCUT2D eigenvalue weighted by atomic mass is 10.1. The number of carbonyl (C=O) groups is 4. The summed E-state index contributed by atoms with van der Waals surface area (Å²) in [5.74, 6) is -2.31. The number of ether oxygens (including phenoxy) is 1. The normalized spacial score (nSPS) is 14.5. The topological polar surface area (TPSA) is 96.5 Å². The molecule has 0 saturated carbocycles. The first-order valence-corrected chi connectivity index (χ1v) is 7.31. The van der Waals surface area contributed by atoms with Gasteiger partial charge in [-0.15, -0.1) is 0 Å². The summed E-state index contributed by atoms with van der Waals surface area (Å²) < 4.78 is 4.94. The Hall–Kier alpha value is -3.22. The smallest absolute Gasteiger partial charge is 0.329 e. The Balaban J connectivity index is 1.67. The van der Waals surface area contributed by atoms with Crippen molar-refractivity contribution in [2.24, 2.45) is 0 Å². The van der Waals surface area contributed by atoms with Gasteiger partial charge >= 0.3 is 5.97 Å². The maximum atomic E-state index is 12.3. The molecular weight excluding hydrogens is 312 g/mol. The average Bonchev–Trinajstić information content (AvgIpc) is 3.20. The number of ketones is 1. The minimum Gasteiger partial charge on any atom is -0.456 e. The number of carbonyl (C=O) groups excluding carboxylic acids is 4. The summed E-state index contributed by atoms with van der Waals surface area (Å²) in [6.45, 7) is 0.927. The van der Waals surface area contributed by atoms with Gasteiger partial charge in [-0.05, 0) is 31.2 Å². The van der Waals surface area contributed by atoms with E-state index in [1.165, 1.54) is 19.1 Å². The Kier molecular flexibility index (Phi) is 3.99. The first-order chi connectivity index (χ1) is 11.5. The largest absolute Gasteiger partial charge is 0.456 e. The van der Waals surface area contributed by atoms with Crippen LogP contribution in [0.2, 0.25) is 0 Å². The SMILES string of the molecule is C[C@H](C(=O)OCC(=O)c1ccc[nH]1)N1C(=O)c2ccccc2C1=O. The number of nitrogens with one attached hydrogen (secondary N) is 1. The Bertz CT molecular complexity index is 790. The van der Waals surface area contributed by atoms with Gasteiger partial charge in [0.15, 0.2) is 6.61 Å². The average molecular weight is 326 g/mol. The van der Waals surface area contributed by atoms with Crippen LogP contribution in [-0.4, -0.2) is 46.1 Å². The molecule has 0 saturated heterocycles. The van der Waals surface area contributed by atoms with Crippen LogP contribution in [0.5, 0.6) is 0 Å². The molecule has 7 nitrogen and oxygen atoms in total. The highest BCUT2D eigenvalue weighted by Gasteiger charge is 2.41. The molecule has 2 heterocycles. The molecule has 0 fully saturated rings. The van der Waals surface area contributed by atoms with Crippen LogP contribution in [0.1, 0.15) is 38.1 Å². The van der Waals surface area contributed by atoms with Gasteiger partial charge in [0.2, 0.25) is 5.78 Å². The minimum absolute atomic E-state index is 0.254. The number of H-pyrrole nitrogens is 1. The Morgan fingerprint density at radius 1 is 1.08 bits per heavy atom. The molecule has 1 aliphatic heterocycles. The van der Waals surface area contributed by atoms with E-state index in [9.17, 15) is 19.2 Å². The molecule has 0 bridgehead atoms. The van der Waals surface area contributed by atoms with Crippen molar-refractivity contribution in [3.05, 3.63) is 59.4 Å². The number of aromatic nitrogens is 1. The van der Waals surface area contributed by atoms with Crippen LogP contribution in [0.4, 0.5) is 0 Å². The van der Waals surface area contributed by atoms with Crippen LogP contribution in [0, 0.1) is 0 Å². The standard InChI is InChI=1S/C17H14N2O5/c1-10(17(23)24-9-14(20)13-7-4-8-18-13)19-15(21)11-5-2-3-6-12(11)16(19)22/h2-8,10,18H,9H2,1H3/t10-/m1/s1. The number of rotatable bonds is 5. The van der Waals surface area contributed by atoms with Gasteiger partial charge in [0.25, 0.3) is 11.8 Å². The molecular formula is C17H14N2O5. The Labute approximate surface area is 137 Å². The van der Waals surface area contributed by atoms with E-state index in [-0.39, 0.29) is 11.1 Å². The minimum atomic E-state index is -1.12. The molecule has 122 valence electrons. The number of benzene rings is 1. The van der Waals surface area contributed by atoms with E-state index in [4.69, 9.17) is 4.74 Å². The summed E-state index contributed by atoms with van der Waals surface area (Å²) >= 11 is 0. The van der Waals surface area contributed by atoms with Crippen molar-refractivity contribution >= 4 is 23.6 Å². The van der Waals surface area contributed by atoms with E-state index >= 15 is 0 Å². The van der Waals surface area contributed by atoms with E-state index in [1.807, 2.05) is 0 Å². The fourth-order valence-corrected chi connectivity index (χ4v) is 2.50. The molecule has 7 heteroatoms.